The van der Waals surface area contributed by atoms with E-state index in [1.807, 2.05) is 30.5 Å². The minimum atomic E-state index is -0.216. The van der Waals surface area contributed by atoms with E-state index < -0.39 is 0 Å². The number of nitrogens with one attached hydrogen (secondary N) is 1. The first-order valence-electron chi connectivity index (χ1n) is 6.55. The lowest BCUT2D eigenvalue weighted by molar-refractivity contribution is -0.115. The van der Waals surface area contributed by atoms with Crippen molar-refractivity contribution in [1.82, 2.24) is 10.2 Å². The molecule has 3 aromatic rings. The van der Waals surface area contributed by atoms with Gasteiger partial charge in [-0.2, -0.15) is 0 Å². The molecule has 1 aromatic carbocycles. The number of thioether (sulfide) groups is 1. The Bertz CT molecular complexity index is 751. The van der Waals surface area contributed by atoms with Crippen molar-refractivity contribution in [3.05, 3.63) is 48.2 Å². The number of aromatic nitrogens is 2. The highest BCUT2D eigenvalue weighted by atomic mass is 32.2. The third kappa shape index (κ3) is 3.37. The number of nitrogens with zero attached hydrogens (tertiary/aromatic N) is 2. The molecule has 0 aliphatic heterocycles. The maximum absolute atomic E-state index is 12.0. The molecule has 0 radical (unpaired) electrons. The van der Waals surface area contributed by atoms with Gasteiger partial charge in [-0.3, -0.25) is 10.1 Å². The fourth-order valence-electron chi connectivity index (χ4n) is 1.87. The van der Waals surface area contributed by atoms with Crippen molar-refractivity contribution in [2.75, 3.05) is 11.6 Å². The van der Waals surface area contributed by atoms with Gasteiger partial charge in [-0.1, -0.05) is 17.2 Å². The molecule has 2 aromatic heterocycles. The number of furan rings is 1. The molecule has 1 amide bonds. The Morgan fingerprint density at radius 3 is 2.73 bits per heavy atom. The Morgan fingerprint density at radius 2 is 2.05 bits per heavy atom. The maximum atomic E-state index is 12.0. The number of carbonyl (C=O) groups is 1. The van der Waals surface area contributed by atoms with Gasteiger partial charge in [0.1, 0.15) is 0 Å². The summed E-state index contributed by atoms with van der Waals surface area (Å²) in [5.74, 6) is 0.469. The molecule has 0 saturated carbocycles. The summed E-state index contributed by atoms with van der Waals surface area (Å²) in [6.07, 6.45) is 3.76. The van der Waals surface area contributed by atoms with Crippen LogP contribution in [0.3, 0.4) is 0 Å². The summed E-state index contributed by atoms with van der Waals surface area (Å²) in [6.45, 7) is 0. The molecule has 1 N–H and O–H groups in total. The fourth-order valence-corrected chi connectivity index (χ4v) is 2.27. The number of hydrogen-bond acceptors (Lipinski definition) is 6. The van der Waals surface area contributed by atoms with Crippen molar-refractivity contribution in [2.24, 2.45) is 0 Å². The van der Waals surface area contributed by atoms with Crippen molar-refractivity contribution in [3.63, 3.8) is 0 Å². The van der Waals surface area contributed by atoms with E-state index in [-0.39, 0.29) is 24.2 Å². The predicted molar refractivity (Wildman–Crippen MR) is 82.6 cm³/mol. The first kappa shape index (κ1) is 14.4. The van der Waals surface area contributed by atoms with Gasteiger partial charge in [-0.15, -0.1) is 16.9 Å². The molecule has 0 fully saturated rings. The van der Waals surface area contributed by atoms with E-state index in [9.17, 15) is 4.79 Å². The predicted octanol–water partition coefficient (Wildman–Crippen LogP) is 3.23. The van der Waals surface area contributed by atoms with E-state index in [0.29, 0.717) is 5.76 Å². The summed E-state index contributed by atoms with van der Waals surface area (Å²) < 4.78 is 10.5. The second kappa shape index (κ2) is 6.48. The Labute approximate surface area is 130 Å². The molecule has 7 heteroatoms. The van der Waals surface area contributed by atoms with Gasteiger partial charge in [0, 0.05) is 4.90 Å². The lowest BCUT2D eigenvalue weighted by Gasteiger charge is -2.02. The molecule has 112 valence electrons. The fraction of sp³-hybridized carbons (Fsp3) is 0.133. The largest absolute Gasteiger partial charge is 0.459 e. The second-order valence-electron chi connectivity index (χ2n) is 4.46. The minimum Gasteiger partial charge on any atom is -0.459 e. The zero-order valence-corrected chi connectivity index (χ0v) is 12.6. The van der Waals surface area contributed by atoms with Crippen molar-refractivity contribution in [1.29, 1.82) is 0 Å². The molecule has 2 heterocycles. The van der Waals surface area contributed by atoms with Gasteiger partial charge in [0.25, 0.3) is 5.89 Å². The molecule has 0 bridgehead atoms. The van der Waals surface area contributed by atoms with Gasteiger partial charge >= 0.3 is 6.01 Å². The van der Waals surface area contributed by atoms with Crippen LogP contribution in [0.5, 0.6) is 0 Å². The van der Waals surface area contributed by atoms with E-state index in [1.165, 1.54) is 6.26 Å². The monoisotopic (exact) mass is 315 g/mol. The Hall–Kier alpha value is -2.54. The molecule has 0 spiro atoms. The van der Waals surface area contributed by atoms with Gasteiger partial charge in [0.05, 0.1) is 12.7 Å². The van der Waals surface area contributed by atoms with Crippen LogP contribution < -0.4 is 5.32 Å². The molecule has 0 atom stereocenters. The standard InChI is InChI=1S/C15H13N3O3S/c1-22-11-6-4-10(5-7-11)9-13(19)16-15-18-17-14(21-15)12-3-2-8-20-12/h2-8H,9H2,1H3,(H,16,18,19). The van der Waals surface area contributed by atoms with Crippen molar-refractivity contribution in [2.45, 2.75) is 11.3 Å². The average Bonchev–Trinajstić information content (AvgIpc) is 3.19. The number of hydrogen-bond donors (Lipinski definition) is 1. The summed E-state index contributed by atoms with van der Waals surface area (Å²) in [7, 11) is 0. The van der Waals surface area contributed by atoms with Crippen molar-refractivity contribution < 1.29 is 13.6 Å². The third-order valence-electron chi connectivity index (χ3n) is 2.93. The van der Waals surface area contributed by atoms with E-state index in [0.717, 1.165) is 10.5 Å². The van der Waals surface area contributed by atoms with Crippen LogP contribution in [0.15, 0.2) is 56.4 Å². The third-order valence-corrected chi connectivity index (χ3v) is 3.67. The van der Waals surface area contributed by atoms with Crippen LogP contribution in [-0.4, -0.2) is 22.4 Å². The molecule has 0 unspecified atom stereocenters. The highest BCUT2D eigenvalue weighted by Crippen LogP contribution is 2.20. The molecule has 22 heavy (non-hydrogen) atoms. The van der Waals surface area contributed by atoms with Crippen LogP contribution in [0.2, 0.25) is 0 Å². The lowest BCUT2D eigenvalue weighted by Crippen LogP contribution is -2.14. The second-order valence-corrected chi connectivity index (χ2v) is 5.34. The molecular formula is C15H13N3O3S. The first-order valence-corrected chi connectivity index (χ1v) is 7.77. The van der Waals surface area contributed by atoms with Crippen LogP contribution in [-0.2, 0) is 11.2 Å². The molecule has 6 nitrogen and oxygen atoms in total. The number of anilines is 1. The first-order chi connectivity index (χ1) is 10.7. The Balaban J connectivity index is 1.61. The Morgan fingerprint density at radius 1 is 1.23 bits per heavy atom. The van der Waals surface area contributed by atoms with E-state index in [2.05, 4.69) is 15.5 Å². The quantitative estimate of drug-likeness (QED) is 0.728. The number of benzene rings is 1. The number of rotatable bonds is 5. The minimum absolute atomic E-state index is 0.0529. The summed E-state index contributed by atoms with van der Waals surface area (Å²) >= 11 is 1.66. The van der Waals surface area contributed by atoms with Crippen LogP contribution in [0.1, 0.15) is 5.56 Å². The SMILES string of the molecule is CSc1ccc(CC(=O)Nc2nnc(-c3ccco3)o2)cc1. The zero-order valence-electron chi connectivity index (χ0n) is 11.8. The average molecular weight is 315 g/mol. The number of carbonyl (C=O) groups excluding carboxylic acids is 1. The van der Waals surface area contributed by atoms with Crippen LogP contribution in [0, 0.1) is 0 Å². The van der Waals surface area contributed by atoms with E-state index in [1.54, 1.807) is 23.9 Å². The van der Waals surface area contributed by atoms with E-state index in [4.69, 9.17) is 8.83 Å². The normalized spacial score (nSPS) is 10.6. The van der Waals surface area contributed by atoms with Crippen molar-refractivity contribution >= 4 is 23.7 Å². The molecule has 0 aliphatic carbocycles. The van der Waals surface area contributed by atoms with Gasteiger partial charge in [0.2, 0.25) is 5.91 Å². The zero-order chi connectivity index (χ0) is 15.4. The van der Waals surface area contributed by atoms with Crippen molar-refractivity contribution in [3.8, 4) is 11.7 Å². The summed E-state index contributed by atoms with van der Waals surface area (Å²) in [4.78, 5) is 13.1. The maximum Gasteiger partial charge on any atom is 0.322 e. The molecule has 3 rings (SSSR count). The van der Waals surface area contributed by atoms with Crippen LogP contribution >= 0.6 is 11.8 Å². The van der Waals surface area contributed by atoms with Crippen LogP contribution in [0.4, 0.5) is 6.01 Å². The van der Waals surface area contributed by atoms with Gasteiger partial charge in [-0.05, 0) is 36.1 Å². The summed E-state index contributed by atoms with van der Waals surface area (Å²) in [5.41, 5.74) is 0.918. The lowest BCUT2D eigenvalue weighted by atomic mass is 10.1. The highest BCUT2D eigenvalue weighted by molar-refractivity contribution is 7.98. The molecule has 0 saturated heterocycles. The van der Waals surface area contributed by atoms with Gasteiger partial charge < -0.3 is 8.83 Å². The topological polar surface area (TPSA) is 81.2 Å². The van der Waals surface area contributed by atoms with Gasteiger partial charge in [-0.25, -0.2) is 0 Å². The number of amides is 1. The summed E-state index contributed by atoms with van der Waals surface area (Å²) in [5, 5.41) is 10.2. The van der Waals surface area contributed by atoms with Gasteiger partial charge in [0.15, 0.2) is 5.76 Å². The smallest absolute Gasteiger partial charge is 0.322 e. The molecular weight excluding hydrogens is 302 g/mol. The Kier molecular flexibility index (Phi) is 4.24. The summed E-state index contributed by atoms with van der Waals surface area (Å²) in [6, 6.07) is 11.3. The van der Waals surface area contributed by atoms with Crippen LogP contribution in [0.25, 0.3) is 11.7 Å². The van der Waals surface area contributed by atoms with E-state index >= 15 is 0 Å². The highest BCUT2D eigenvalue weighted by Gasteiger charge is 2.13. The molecule has 0 aliphatic rings.